The largest absolute Gasteiger partial charge is 0.461 e. The monoisotopic (exact) mass is 340 g/mol. The molecule has 25 heavy (non-hydrogen) atoms. The number of hydrogen-bond acceptors (Lipinski definition) is 4. The fourth-order valence-corrected chi connectivity index (χ4v) is 4.90. The molecule has 3 heterocycles. The number of fused-ring (bicyclic) bond motifs is 2. The summed E-state index contributed by atoms with van der Waals surface area (Å²) in [4.78, 5) is 15.4. The average molecular weight is 340 g/mol. The maximum absolute atomic E-state index is 12.8. The Labute approximate surface area is 147 Å². The SMILES string of the molecule is Cc1cc2cc(C(=O)N[C@H]3[C@H]4CCO[C@H]4[C@@H]3N3CCCC3)ccc2o1. The number of nitrogens with zero attached hydrogens (tertiary/aromatic N) is 1. The molecule has 5 heteroatoms. The van der Waals surface area contributed by atoms with Crippen molar-refractivity contribution in [2.24, 2.45) is 5.92 Å². The lowest BCUT2D eigenvalue weighted by Gasteiger charge is -2.51. The molecule has 2 saturated heterocycles. The number of benzene rings is 1. The van der Waals surface area contributed by atoms with Gasteiger partial charge in [-0.05, 0) is 63.5 Å². The first-order valence-electron chi connectivity index (χ1n) is 9.37. The molecule has 1 aromatic carbocycles. The molecule has 1 saturated carbocycles. The summed E-state index contributed by atoms with van der Waals surface area (Å²) in [6.07, 6.45) is 3.87. The van der Waals surface area contributed by atoms with Crippen molar-refractivity contribution >= 4 is 16.9 Å². The number of amides is 1. The van der Waals surface area contributed by atoms with Crippen molar-refractivity contribution in [1.82, 2.24) is 10.2 Å². The van der Waals surface area contributed by atoms with E-state index in [1.807, 2.05) is 31.2 Å². The quantitative estimate of drug-likeness (QED) is 0.933. The van der Waals surface area contributed by atoms with Gasteiger partial charge in [0.15, 0.2) is 0 Å². The molecule has 132 valence electrons. The average Bonchev–Trinajstić information content (AvgIpc) is 3.31. The van der Waals surface area contributed by atoms with Crippen LogP contribution in [0.3, 0.4) is 0 Å². The number of likely N-dealkylation sites (tertiary alicyclic amines) is 1. The Bertz CT molecular complexity index is 804. The van der Waals surface area contributed by atoms with Crippen molar-refractivity contribution in [3.8, 4) is 0 Å². The molecule has 3 aliphatic rings. The molecule has 0 bridgehead atoms. The van der Waals surface area contributed by atoms with Gasteiger partial charge in [0.2, 0.25) is 0 Å². The first kappa shape index (κ1) is 15.4. The van der Waals surface area contributed by atoms with Gasteiger partial charge < -0.3 is 14.5 Å². The van der Waals surface area contributed by atoms with E-state index in [2.05, 4.69) is 10.2 Å². The fraction of sp³-hybridized carbons (Fsp3) is 0.550. The maximum atomic E-state index is 12.8. The Kier molecular flexibility index (Phi) is 3.61. The van der Waals surface area contributed by atoms with Crippen molar-refractivity contribution in [2.45, 2.75) is 44.4 Å². The van der Waals surface area contributed by atoms with Crippen LogP contribution in [0.5, 0.6) is 0 Å². The van der Waals surface area contributed by atoms with Crippen LogP contribution in [0.4, 0.5) is 0 Å². The van der Waals surface area contributed by atoms with E-state index in [0.29, 0.717) is 23.6 Å². The second-order valence-corrected chi connectivity index (χ2v) is 7.63. The van der Waals surface area contributed by atoms with Gasteiger partial charge in [-0.25, -0.2) is 0 Å². The lowest BCUT2D eigenvalue weighted by Crippen LogP contribution is -2.70. The van der Waals surface area contributed by atoms with Crippen LogP contribution < -0.4 is 5.32 Å². The summed E-state index contributed by atoms with van der Waals surface area (Å²) in [6, 6.07) is 8.19. The molecular formula is C20H24N2O3. The molecule has 4 atom stereocenters. The Morgan fingerprint density at radius 3 is 2.92 bits per heavy atom. The fourth-order valence-electron chi connectivity index (χ4n) is 4.90. The normalized spacial score (nSPS) is 31.9. The smallest absolute Gasteiger partial charge is 0.251 e. The van der Waals surface area contributed by atoms with Gasteiger partial charge in [0.25, 0.3) is 5.91 Å². The zero-order valence-electron chi connectivity index (χ0n) is 14.5. The number of rotatable bonds is 3. The van der Waals surface area contributed by atoms with Crippen LogP contribution in [0.25, 0.3) is 11.0 Å². The van der Waals surface area contributed by atoms with Crippen molar-refractivity contribution < 1.29 is 13.9 Å². The van der Waals surface area contributed by atoms with E-state index in [1.54, 1.807) is 0 Å². The summed E-state index contributed by atoms with van der Waals surface area (Å²) in [7, 11) is 0. The van der Waals surface area contributed by atoms with E-state index in [9.17, 15) is 4.79 Å². The van der Waals surface area contributed by atoms with E-state index in [-0.39, 0.29) is 11.9 Å². The molecular weight excluding hydrogens is 316 g/mol. The highest BCUT2D eigenvalue weighted by Crippen LogP contribution is 2.43. The van der Waals surface area contributed by atoms with Gasteiger partial charge in [0, 0.05) is 23.5 Å². The third kappa shape index (κ3) is 2.49. The van der Waals surface area contributed by atoms with Crippen LogP contribution in [0, 0.1) is 12.8 Å². The first-order valence-corrected chi connectivity index (χ1v) is 9.37. The number of aryl methyl sites for hydroxylation is 1. The van der Waals surface area contributed by atoms with Crippen LogP contribution >= 0.6 is 0 Å². The molecule has 3 fully saturated rings. The van der Waals surface area contributed by atoms with E-state index in [0.717, 1.165) is 42.8 Å². The van der Waals surface area contributed by atoms with Crippen LogP contribution in [0.1, 0.15) is 35.4 Å². The second-order valence-electron chi connectivity index (χ2n) is 7.63. The number of carbonyl (C=O) groups is 1. The Hall–Kier alpha value is -1.85. The summed E-state index contributed by atoms with van der Waals surface area (Å²) in [5.41, 5.74) is 1.53. The molecule has 2 aliphatic heterocycles. The van der Waals surface area contributed by atoms with Crippen molar-refractivity contribution in [1.29, 1.82) is 0 Å². The summed E-state index contributed by atoms with van der Waals surface area (Å²) < 4.78 is 11.6. The zero-order valence-corrected chi connectivity index (χ0v) is 14.5. The third-order valence-corrected chi connectivity index (χ3v) is 6.11. The third-order valence-electron chi connectivity index (χ3n) is 6.11. The van der Waals surface area contributed by atoms with Gasteiger partial charge in [-0.1, -0.05) is 0 Å². The summed E-state index contributed by atoms with van der Waals surface area (Å²) in [5, 5.41) is 4.29. The minimum atomic E-state index is 0.0142. The topological polar surface area (TPSA) is 54.7 Å². The predicted octanol–water partition coefficient (Wildman–Crippen LogP) is 2.72. The van der Waals surface area contributed by atoms with Crippen molar-refractivity contribution in [3.63, 3.8) is 0 Å². The van der Waals surface area contributed by atoms with Crippen LogP contribution in [-0.4, -0.2) is 48.7 Å². The highest BCUT2D eigenvalue weighted by atomic mass is 16.5. The van der Waals surface area contributed by atoms with Gasteiger partial charge in [-0.15, -0.1) is 0 Å². The Balaban J connectivity index is 1.36. The standard InChI is InChI=1S/C20H24N2O3/c1-12-10-14-11-13(4-5-16(14)25-12)20(23)21-17-15-6-9-24-19(15)18(17)22-7-2-3-8-22/h4-5,10-11,15,17-19H,2-3,6-9H2,1H3,(H,21,23)/t15-,17+,18-,19-/m1/s1. The second kappa shape index (κ2) is 5.85. The minimum Gasteiger partial charge on any atom is -0.461 e. The molecule has 1 aliphatic carbocycles. The molecule has 0 unspecified atom stereocenters. The first-order chi connectivity index (χ1) is 12.2. The van der Waals surface area contributed by atoms with E-state index in [4.69, 9.17) is 9.15 Å². The maximum Gasteiger partial charge on any atom is 0.251 e. The summed E-state index contributed by atoms with van der Waals surface area (Å²) in [5.74, 6) is 1.35. The molecule has 5 nitrogen and oxygen atoms in total. The number of ether oxygens (including phenoxy) is 1. The Morgan fingerprint density at radius 2 is 2.08 bits per heavy atom. The molecule has 1 amide bonds. The van der Waals surface area contributed by atoms with Gasteiger partial charge >= 0.3 is 0 Å². The lowest BCUT2D eigenvalue weighted by molar-refractivity contribution is -0.0747. The number of furan rings is 1. The summed E-state index contributed by atoms with van der Waals surface area (Å²) >= 11 is 0. The highest BCUT2D eigenvalue weighted by molar-refractivity contribution is 5.98. The predicted molar refractivity (Wildman–Crippen MR) is 94.6 cm³/mol. The van der Waals surface area contributed by atoms with Crippen molar-refractivity contribution in [3.05, 3.63) is 35.6 Å². The lowest BCUT2D eigenvalue weighted by atomic mass is 9.70. The van der Waals surface area contributed by atoms with Gasteiger partial charge in [0.05, 0.1) is 18.2 Å². The highest BCUT2D eigenvalue weighted by Gasteiger charge is 2.56. The van der Waals surface area contributed by atoms with E-state index in [1.165, 1.54) is 12.8 Å². The molecule has 2 aromatic rings. The van der Waals surface area contributed by atoms with Crippen LogP contribution in [0.2, 0.25) is 0 Å². The Morgan fingerprint density at radius 1 is 1.24 bits per heavy atom. The van der Waals surface area contributed by atoms with Gasteiger partial charge in [-0.3, -0.25) is 9.69 Å². The van der Waals surface area contributed by atoms with E-state index >= 15 is 0 Å². The van der Waals surface area contributed by atoms with Crippen molar-refractivity contribution in [2.75, 3.05) is 19.7 Å². The molecule has 1 N–H and O–H groups in total. The minimum absolute atomic E-state index is 0.0142. The molecule has 1 aromatic heterocycles. The number of hydrogen-bond donors (Lipinski definition) is 1. The van der Waals surface area contributed by atoms with E-state index < -0.39 is 0 Å². The van der Waals surface area contributed by atoms with Crippen LogP contribution in [-0.2, 0) is 4.74 Å². The molecule has 5 rings (SSSR count). The number of nitrogens with one attached hydrogen (secondary N) is 1. The van der Waals surface area contributed by atoms with Gasteiger partial charge in [0.1, 0.15) is 11.3 Å². The number of carbonyl (C=O) groups excluding carboxylic acids is 1. The summed E-state index contributed by atoms with van der Waals surface area (Å²) in [6.45, 7) is 5.01. The molecule has 0 spiro atoms. The van der Waals surface area contributed by atoms with Crippen LogP contribution in [0.15, 0.2) is 28.7 Å². The molecule has 0 radical (unpaired) electrons. The zero-order chi connectivity index (χ0) is 17.0. The van der Waals surface area contributed by atoms with Gasteiger partial charge in [-0.2, -0.15) is 0 Å².